The Labute approximate surface area is 221 Å². The summed E-state index contributed by atoms with van der Waals surface area (Å²) < 4.78 is 7.11. The van der Waals surface area contributed by atoms with E-state index < -0.39 is 0 Å². The van der Waals surface area contributed by atoms with Gasteiger partial charge in [-0.25, -0.2) is 0 Å². The van der Waals surface area contributed by atoms with Gasteiger partial charge in [-0.1, -0.05) is 40.0 Å². The zero-order valence-electron chi connectivity index (χ0n) is 22.2. The maximum absolute atomic E-state index is 12.9. The molecule has 1 fully saturated rings. The molecule has 3 aromatic rings. The molecule has 0 radical (unpaired) electrons. The second-order valence-electron chi connectivity index (χ2n) is 10.1. The molecular weight excluding hydrogens is 464 g/mol. The molecule has 4 rings (SSSR count). The molecule has 0 bridgehead atoms. The van der Waals surface area contributed by atoms with Crippen LogP contribution in [0, 0.1) is 0 Å². The van der Waals surface area contributed by atoms with Crippen LogP contribution in [-0.2, 0) is 0 Å². The van der Waals surface area contributed by atoms with E-state index in [9.17, 15) is 4.79 Å². The molecule has 2 heterocycles. The first-order chi connectivity index (χ1) is 17.6. The number of fused-ring (bicyclic) bond motifs is 1. The minimum Gasteiger partial charge on any atom is -0.494 e. The average molecular weight is 507 g/mol. The molecule has 1 aromatic heterocycles. The number of nitrogens with zero attached hydrogens (tertiary/aromatic N) is 1. The molecular formula is C31H42N2O2S. The maximum Gasteiger partial charge on any atom is 0.255 e. The van der Waals surface area contributed by atoms with Crippen molar-refractivity contribution in [3.8, 4) is 5.75 Å². The summed E-state index contributed by atoms with van der Waals surface area (Å²) in [6.45, 7) is 9.92. The lowest BCUT2D eigenvalue weighted by atomic mass is 9.88. The fraction of sp³-hybridized carbons (Fsp3) is 0.516. The van der Waals surface area contributed by atoms with Gasteiger partial charge < -0.3 is 15.0 Å². The number of thiophene rings is 1. The number of carbonyl (C=O) groups is 1. The highest BCUT2D eigenvalue weighted by molar-refractivity contribution is 7.17. The Bertz CT molecular complexity index is 1100. The molecule has 2 aromatic carbocycles. The van der Waals surface area contributed by atoms with Gasteiger partial charge in [-0.2, -0.15) is 0 Å². The molecule has 5 heteroatoms. The summed E-state index contributed by atoms with van der Waals surface area (Å²) in [5.74, 6) is 1.34. The Morgan fingerprint density at radius 1 is 1.03 bits per heavy atom. The van der Waals surface area contributed by atoms with Crippen LogP contribution in [-0.4, -0.2) is 36.5 Å². The molecule has 0 unspecified atom stereocenters. The number of hydrogen-bond donors (Lipinski definition) is 1. The first kappa shape index (κ1) is 26.7. The summed E-state index contributed by atoms with van der Waals surface area (Å²) in [6, 6.07) is 14.5. The van der Waals surface area contributed by atoms with E-state index in [0.717, 1.165) is 30.5 Å². The molecule has 1 N–H and O–H groups in total. The van der Waals surface area contributed by atoms with Gasteiger partial charge in [0.1, 0.15) is 5.75 Å². The highest BCUT2D eigenvalue weighted by Gasteiger charge is 2.26. The minimum atomic E-state index is -0.0842. The van der Waals surface area contributed by atoms with Crippen molar-refractivity contribution in [3.63, 3.8) is 0 Å². The van der Waals surface area contributed by atoms with Crippen molar-refractivity contribution in [1.82, 2.24) is 4.90 Å². The molecule has 1 saturated heterocycles. The summed E-state index contributed by atoms with van der Waals surface area (Å²) in [7, 11) is 0. The molecule has 0 spiro atoms. The van der Waals surface area contributed by atoms with E-state index in [1.54, 1.807) is 0 Å². The monoisotopic (exact) mass is 506 g/mol. The first-order valence-electron chi connectivity index (χ1n) is 13.9. The van der Waals surface area contributed by atoms with Crippen LogP contribution in [0.15, 0.2) is 47.8 Å². The number of amides is 1. The Kier molecular flexibility index (Phi) is 9.82. The van der Waals surface area contributed by atoms with Crippen molar-refractivity contribution in [2.75, 3.05) is 25.0 Å². The van der Waals surface area contributed by atoms with Crippen molar-refractivity contribution < 1.29 is 9.53 Å². The smallest absolute Gasteiger partial charge is 0.255 e. The Balaban J connectivity index is 1.36. The molecule has 0 saturated carbocycles. The van der Waals surface area contributed by atoms with Crippen molar-refractivity contribution in [3.05, 3.63) is 59.0 Å². The van der Waals surface area contributed by atoms with Gasteiger partial charge >= 0.3 is 0 Å². The second kappa shape index (κ2) is 13.3. The van der Waals surface area contributed by atoms with Crippen LogP contribution in [0.4, 0.5) is 5.69 Å². The standard InChI is InChI=1S/C31H42N2O2S/c1-4-7-8-9-20-35-27-13-10-24(11-14-27)31(34)32-25-12-15-30-28(21-25)29(22-36-30)23-16-18-33(19-17-23)26(5-2)6-3/h10-15,21-23,26H,4-9,16-20H2,1-3H3,(H,32,34). The van der Waals surface area contributed by atoms with E-state index in [2.05, 4.69) is 48.5 Å². The van der Waals surface area contributed by atoms with Crippen LogP contribution in [0.1, 0.15) is 94.0 Å². The van der Waals surface area contributed by atoms with Crippen molar-refractivity contribution in [2.45, 2.75) is 84.1 Å². The fourth-order valence-electron chi connectivity index (χ4n) is 5.45. The number of likely N-dealkylation sites (tertiary alicyclic amines) is 1. The van der Waals surface area contributed by atoms with Crippen molar-refractivity contribution in [2.24, 2.45) is 0 Å². The third kappa shape index (κ3) is 6.68. The number of hydrogen-bond acceptors (Lipinski definition) is 4. The van der Waals surface area contributed by atoms with Gasteiger partial charge in [0.15, 0.2) is 0 Å². The number of piperidine rings is 1. The molecule has 4 nitrogen and oxygen atoms in total. The van der Waals surface area contributed by atoms with Crippen molar-refractivity contribution >= 4 is 33.0 Å². The van der Waals surface area contributed by atoms with E-state index in [-0.39, 0.29) is 5.91 Å². The lowest BCUT2D eigenvalue weighted by Gasteiger charge is -2.37. The second-order valence-corrected chi connectivity index (χ2v) is 11.0. The van der Waals surface area contributed by atoms with Gasteiger partial charge in [0, 0.05) is 22.0 Å². The van der Waals surface area contributed by atoms with Crippen LogP contribution < -0.4 is 10.1 Å². The van der Waals surface area contributed by atoms with E-state index in [0.29, 0.717) is 11.5 Å². The quantitative estimate of drug-likeness (QED) is 0.250. The summed E-state index contributed by atoms with van der Waals surface area (Å²) in [5, 5.41) is 6.75. The van der Waals surface area contributed by atoms with Crippen LogP contribution >= 0.6 is 11.3 Å². The third-order valence-electron chi connectivity index (χ3n) is 7.67. The Morgan fingerprint density at radius 3 is 2.47 bits per heavy atom. The van der Waals surface area contributed by atoms with E-state index in [1.807, 2.05) is 41.7 Å². The normalized spacial score (nSPS) is 15.0. The number of anilines is 1. The lowest BCUT2D eigenvalue weighted by Crippen LogP contribution is -2.40. The molecule has 1 aliphatic rings. The summed E-state index contributed by atoms with van der Waals surface area (Å²) in [4.78, 5) is 15.6. The number of carbonyl (C=O) groups excluding carboxylic acids is 1. The minimum absolute atomic E-state index is 0.0842. The van der Waals surface area contributed by atoms with Crippen LogP contribution in [0.25, 0.3) is 10.1 Å². The molecule has 0 atom stereocenters. The number of unbranched alkanes of at least 4 members (excludes halogenated alkanes) is 3. The van der Waals surface area contributed by atoms with Crippen LogP contribution in [0.3, 0.4) is 0 Å². The molecule has 194 valence electrons. The zero-order chi connectivity index (χ0) is 25.3. The van der Waals surface area contributed by atoms with Gasteiger partial charge in [-0.15, -0.1) is 11.3 Å². The van der Waals surface area contributed by atoms with E-state index >= 15 is 0 Å². The van der Waals surface area contributed by atoms with Crippen molar-refractivity contribution in [1.29, 1.82) is 0 Å². The fourth-order valence-corrected chi connectivity index (χ4v) is 6.47. The summed E-state index contributed by atoms with van der Waals surface area (Å²) >= 11 is 1.82. The Morgan fingerprint density at radius 2 is 1.78 bits per heavy atom. The molecule has 0 aliphatic carbocycles. The van der Waals surface area contributed by atoms with Gasteiger partial charge in [0.05, 0.1) is 6.61 Å². The van der Waals surface area contributed by atoms with Crippen LogP contribution in [0.2, 0.25) is 0 Å². The lowest BCUT2D eigenvalue weighted by molar-refractivity contribution is 0.102. The number of rotatable bonds is 12. The topological polar surface area (TPSA) is 41.6 Å². The summed E-state index contributed by atoms with van der Waals surface area (Å²) in [5.41, 5.74) is 2.96. The highest BCUT2D eigenvalue weighted by Crippen LogP contribution is 2.38. The number of benzene rings is 2. The zero-order valence-corrected chi connectivity index (χ0v) is 23.0. The molecule has 1 aliphatic heterocycles. The first-order valence-corrected chi connectivity index (χ1v) is 14.8. The maximum atomic E-state index is 12.9. The van der Waals surface area contributed by atoms with Gasteiger partial charge in [-0.3, -0.25) is 4.79 Å². The predicted octanol–water partition coefficient (Wildman–Crippen LogP) is 8.48. The number of nitrogens with one attached hydrogen (secondary N) is 1. The van der Waals surface area contributed by atoms with E-state index in [4.69, 9.17) is 4.74 Å². The van der Waals surface area contributed by atoms with Gasteiger partial charge in [-0.05, 0) is 110 Å². The summed E-state index contributed by atoms with van der Waals surface area (Å²) in [6.07, 6.45) is 9.64. The largest absolute Gasteiger partial charge is 0.494 e. The van der Waals surface area contributed by atoms with E-state index in [1.165, 1.54) is 73.7 Å². The van der Waals surface area contributed by atoms with Gasteiger partial charge in [0.2, 0.25) is 0 Å². The van der Waals surface area contributed by atoms with Gasteiger partial charge in [0.25, 0.3) is 5.91 Å². The molecule has 36 heavy (non-hydrogen) atoms. The van der Waals surface area contributed by atoms with Crippen LogP contribution in [0.5, 0.6) is 5.75 Å². The average Bonchev–Trinajstić information content (AvgIpc) is 3.33. The third-order valence-corrected chi connectivity index (χ3v) is 8.65. The SMILES string of the molecule is CCCCCCOc1ccc(C(=O)Nc2ccc3scc(C4CCN(C(CC)CC)CC4)c3c2)cc1. The Hall–Kier alpha value is -2.37. The molecule has 1 amide bonds. The predicted molar refractivity (Wildman–Crippen MR) is 154 cm³/mol. The highest BCUT2D eigenvalue weighted by atomic mass is 32.1. The number of ether oxygens (including phenoxy) is 1.